The van der Waals surface area contributed by atoms with Crippen molar-refractivity contribution in [3.05, 3.63) is 88.0 Å². The van der Waals surface area contributed by atoms with Gasteiger partial charge in [-0.1, -0.05) is 173 Å². The second-order valence-corrected chi connectivity index (χ2v) is 17.1. The molecule has 5 heteroatoms. The summed E-state index contributed by atoms with van der Waals surface area (Å²) in [6.07, 6.45) is 30.2. The first kappa shape index (κ1) is 44.7. The summed E-state index contributed by atoms with van der Waals surface area (Å²) in [6, 6.07) is 18.6. The van der Waals surface area contributed by atoms with Crippen LogP contribution in [0.5, 0.6) is 17.2 Å². The molecule has 296 valence electrons. The second kappa shape index (κ2) is 26.2. The largest absolute Gasteiger partial charge is 0.647 e. The molecule has 0 bridgehead atoms. The number of phosphoric ester groups is 1. The van der Waals surface area contributed by atoms with E-state index >= 15 is 0 Å². The van der Waals surface area contributed by atoms with E-state index in [1.54, 1.807) is 0 Å². The molecule has 0 aliphatic rings. The van der Waals surface area contributed by atoms with E-state index in [4.69, 9.17) is 13.6 Å². The second-order valence-electron chi connectivity index (χ2n) is 15.6. The van der Waals surface area contributed by atoms with Crippen LogP contribution in [0.2, 0.25) is 0 Å². The monoisotopic (exact) mass is 747 g/mol. The molecule has 0 aromatic heterocycles. The van der Waals surface area contributed by atoms with Gasteiger partial charge in [-0.3, -0.25) is 0 Å². The fourth-order valence-electron chi connectivity index (χ4n) is 7.18. The van der Waals surface area contributed by atoms with Gasteiger partial charge in [0.2, 0.25) is 0 Å². The summed E-state index contributed by atoms with van der Waals surface area (Å²) < 4.78 is 33.6. The highest BCUT2D eigenvalue weighted by Crippen LogP contribution is 2.51. The molecular weight excluding hydrogens is 671 g/mol. The number of rotatable bonds is 30. The van der Waals surface area contributed by atoms with Crippen molar-refractivity contribution in [1.29, 1.82) is 0 Å². The lowest BCUT2D eigenvalue weighted by Gasteiger charge is -2.22. The minimum Gasteiger partial charge on any atom is -0.386 e. The smallest absolute Gasteiger partial charge is 0.386 e. The van der Waals surface area contributed by atoms with E-state index in [2.05, 4.69) is 57.2 Å². The standard InChI is InChI=1S/C48H75O4P/c1-7-10-13-16-19-22-25-28-43-31-34-46(40(4)37-43)50-53(49,51-47-35-32-44(38-41(47)5)29-26-23-20-17-14-11-8-2)52-48-36-33-45(39-42(48)6)30-27-24-21-18-15-12-9-3/h31-39H,7-30H2,1-6H3. The molecule has 53 heavy (non-hydrogen) atoms. The first-order valence-corrected chi connectivity index (χ1v) is 23.2. The van der Waals surface area contributed by atoms with Crippen LogP contribution < -0.4 is 13.6 Å². The van der Waals surface area contributed by atoms with Crippen LogP contribution in [-0.4, -0.2) is 0 Å². The fourth-order valence-corrected chi connectivity index (χ4v) is 8.63. The molecule has 0 radical (unpaired) electrons. The Balaban J connectivity index is 1.70. The lowest BCUT2D eigenvalue weighted by atomic mass is 10.0. The first-order chi connectivity index (χ1) is 25.8. The predicted molar refractivity (Wildman–Crippen MR) is 228 cm³/mol. The summed E-state index contributed by atoms with van der Waals surface area (Å²) in [4.78, 5) is 0. The highest BCUT2D eigenvalue weighted by molar-refractivity contribution is 7.49. The average molecular weight is 747 g/mol. The maximum atomic E-state index is 14.7. The third-order valence-corrected chi connectivity index (χ3v) is 11.8. The summed E-state index contributed by atoms with van der Waals surface area (Å²) >= 11 is 0. The Morgan fingerprint density at radius 2 is 0.623 bits per heavy atom. The van der Waals surface area contributed by atoms with E-state index in [-0.39, 0.29) is 0 Å². The van der Waals surface area contributed by atoms with Crippen molar-refractivity contribution in [1.82, 2.24) is 0 Å². The van der Waals surface area contributed by atoms with Gasteiger partial charge in [0.15, 0.2) is 0 Å². The van der Waals surface area contributed by atoms with E-state index in [0.29, 0.717) is 17.2 Å². The topological polar surface area (TPSA) is 44.8 Å². The maximum absolute atomic E-state index is 14.7. The highest BCUT2D eigenvalue weighted by atomic mass is 31.2. The maximum Gasteiger partial charge on any atom is 0.647 e. The highest BCUT2D eigenvalue weighted by Gasteiger charge is 2.35. The Bertz CT molecular complexity index is 1310. The number of aryl methyl sites for hydroxylation is 6. The molecule has 0 saturated heterocycles. The van der Waals surface area contributed by atoms with Crippen LogP contribution >= 0.6 is 7.82 Å². The number of phosphoric acid groups is 1. The summed E-state index contributed by atoms with van der Waals surface area (Å²) in [5.41, 5.74) is 6.63. The minimum atomic E-state index is -4.13. The molecule has 0 unspecified atom stereocenters. The van der Waals surface area contributed by atoms with E-state index in [9.17, 15) is 4.57 Å². The number of benzene rings is 3. The van der Waals surface area contributed by atoms with Gasteiger partial charge in [0, 0.05) is 0 Å². The lowest BCUT2D eigenvalue weighted by molar-refractivity contribution is 0.296. The van der Waals surface area contributed by atoms with Crippen molar-refractivity contribution in [2.45, 2.75) is 196 Å². The Labute approximate surface area is 325 Å². The summed E-state index contributed by atoms with van der Waals surface area (Å²) in [5, 5.41) is 0. The van der Waals surface area contributed by atoms with Crippen molar-refractivity contribution < 1.29 is 18.1 Å². The van der Waals surface area contributed by atoms with Crippen molar-refractivity contribution in [3.63, 3.8) is 0 Å². The molecule has 0 fully saturated rings. The van der Waals surface area contributed by atoms with E-state index in [1.807, 2.05) is 39.0 Å². The van der Waals surface area contributed by atoms with Crippen LogP contribution in [0, 0.1) is 20.8 Å². The van der Waals surface area contributed by atoms with Crippen LogP contribution in [-0.2, 0) is 23.8 Å². The van der Waals surface area contributed by atoms with Gasteiger partial charge in [0.05, 0.1) is 0 Å². The molecule has 0 amide bonds. The normalized spacial score (nSPS) is 11.6. The molecule has 3 rings (SSSR count). The Morgan fingerprint density at radius 1 is 0.377 bits per heavy atom. The van der Waals surface area contributed by atoms with E-state index in [0.717, 1.165) is 36.0 Å². The van der Waals surface area contributed by atoms with Crippen LogP contribution in [0.1, 0.15) is 189 Å². The Kier molecular flexibility index (Phi) is 22.1. The van der Waals surface area contributed by atoms with Gasteiger partial charge in [-0.05, 0) is 111 Å². The Morgan fingerprint density at radius 3 is 0.868 bits per heavy atom. The van der Waals surface area contributed by atoms with Gasteiger partial charge in [0.1, 0.15) is 17.2 Å². The zero-order valence-electron chi connectivity index (χ0n) is 34.7. The SMILES string of the molecule is CCCCCCCCCc1ccc(OP(=O)(Oc2ccc(CCCCCCCCC)cc2C)Oc2ccc(CCCCCCCCC)cc2C)c(C)c1. The zero-order valence-corrected chi connectivity index (χ0v) is 35.6. The van der Waals surface area contributed by atoms with Gasteiger partial charge in [-0.15, -0.1) is 0 Å². The lowest BCUT2D eigenvalue weighted by Crippen LogP contribution is -2.10. The van der Waals surface area contributed by atoms with Crippen LogP contribution in [0.15, 0.2) is 54.6 Å². The van der Waals surface area contributed by atoms with Gasteiger partial charge in [-0.2, -0.15) is 4.57 Å². The molecule has 0 saturated carbocycles. The van der Waals surface area contributed by atoms with Crippen LogP contribution in [0.3, 0.4) is 0 Å². The van der Waals surface area contributed by atoms with Gasteiger partial charge in [0.25, 0.3) is 0 Å². The molecular formula is C48H75O4P. The first-order valence-electron chi connectivity index (χ1n) is 21.7. The predicted octanol–water partition coefficient (Wildman–Crippen LogP) is 16.1. The third kappa shape index (κ3) is 18.0. The zero-order chi connectivity index (χ0) is 38.2. The molecule has 0 spiro atoms. The molecule has 3 aromatic carbocycles. The van der Waals surface area contributed by atoms with Crippen molar-refractivity contribution >= 4 is 7.82 Å². The minimum absolute atomic E-state index is 0.526. The molecule has 0 N–H and O–H groups in total. The molecule has 4 nitrogen and oxygen atoms in total. The molecule has 0 heterocycles. The van der Waals surface area contributed by atoms with Crippen molar-refractivity contribution in [2.24, 2.45) is 0 Å². The van der Waals surface area contributed by atoms with Gasteiger partial charge in [-0.25, -0.2) is 0 Å². The quantitative estimate of drug-likeness (QED) is 0.0503. The Hall–Kier alpha value is -2.71. The van der Waals surface area contributed by atoms with E-state index < -0.39 is 7.82 Å². The van der Waals surface area contributed by atoms with Crippen LogP contribution in [0.4, 0.5) is 0 Å². The van der Waals surface area contributed by atoms with Crippen LogP contribution in [0.25, 0.3) is 0 Å². The number of hydrogen-bond donors (Lipinski definition) is 0. The molecule has 0 atom stereocenters. The summed E-state index contributed by atoms with van der Waals surface area (Å²) in [7, 11) is -4.13. The molecule has 0 aliphatic carbocycles. The number of unbranched alkanes of at least 4 members (excludes halogenated alkanes) is 18. The van der Waals surface area contributed by atoms with Crippen molar-refractivity contribution in [3.8, 4) is 17.2 Å². The fraction of sp³-hybridized carbons (Fsp3) is 0.625. The van der Waals surface area contributed by atoms with E-state index in [1.165, 1.54) is 152 Å². The van der Waals surface area contributed by atoms with Gasteiger partial charge >= 0.3 is 7.82 Å². The van der Waals surface area contributed by atoms with Crippen molar-refractivity contribution in [2.75, 3.05) is 0 Å². The summed E-state index contributed by atoms with van der Waals surface area (Å²) in [6.45, 7) is 12.8. The molecule has 3 aromatic rings. The number of hydrogen-bond acceptors (Lipinski definition) is 4. The third-order valence-electron chi connectivity index (χ3n) is 10.6. The summed E-state index contributed by atoms with van der Waals surface area (Å²) in [5.74, 6) is 1.58. The average Bonchev–Trinajstić information content (AvgIpc) is 3.14. The molecule has 0 aliphatic heterocycles. The van der Waals surface area contributed by atoms with Gasteiger partial charge < -0.3 is 13.6 Å².